The smallest absolute Gasteiger partial charge is 0.126 e. The largest absolute Gasteiger partial charge is 0.381 e. The Morgan fingerprint density at radius 2 is 2.27 bits per heavy atom. The zero-order chi connectivity index (χ0) is 10.8. The average molecular weight is 208 g/mol. The van der Waals surface area contributed by atoms with E-state index < -0.39 is 0 Å². The fourth-order valence-corrected chi connectivity index (χ4v) is 2.02. The third-order valence-corrected chi connectivity index (χ3v) is 2.92. The van der Waals surface area contributed by atoms with E-state index in [4.69, 9.17) is 0 Å². The van der Waals surface area contributed by atoms with Crippen LogP contribution in [0.2, 0.25) is 0 Å². The minimum atomic E-state index is -0.135. The number of rotatable bonds is 2. The highest BCUT2D eigenvalue weighted by Gasteiger charge is 2.18. The summed E-state index contributed by atoms with van der Waals surface area (Å²) in [6, 6.07) is 5.70. The summed E-state index contributed by atoms with van der Waals surface area (Å²) in [6.07, 6.45) is 1.16. The van der Waals surface area contributed by atoms with Crippen molar-refractivity contribution in [2.45, 2.75) is 19.4 Å². The van der Waals surface area contributed by atoms with Gasteiger partial charge >= 0.3 is 0 Å². The lowest BCUT2D eigenvalue weighted by atomic mass is 10.2. The van der Waals surface area contributed by atoms with Crippen molar-refractivity contribution in [2.75, 3.05) is 25.5 Å². The SMILES string of the molecule is Cc1cc(NC2CCN(C)C2)ccc1F. The lowest BCUT2D eigenvalue weighted by molar-refractivity contribution is 0.414. The van der Waals surface area contributed by atoms with Crippen molar-refractivity contribution in [3.8, 4) is 0 Å². The zero-order valence-electron chi connectivity index (χ0n) is 9.26. The molecule has 1 aliphatic rings. The molecule has 1 aliphatic heterocycles. The maximum atomic E-state index is 13.0. The van der Waals surface area contributed by atoms with Gasteiger partial charge in [0.15, 0.2) is 0 Å². The van der Waals surface area contributed by atoms with Crippen LogP contribution < -0.4 is 5.32 Å². The van der Waals surface area contributed by atoms with Gasteiger partial charge in [-0.3, -0.25) is 0 Å². The van der Waals surface area contributed by atoms with Crippen LogP contribution in [0.3, 0.4) is 0 Å². The summed E-state index contributed by atoms with van der Waals surface area (Å²) in [6.45, 7) is 4.00. The molecular formula is C12H17FN2. The maximum absolute atomic E-state index is 13.0. The molecule has 1 fully saturated rings. The van der Waals surface area contributed by atoms with Gasteiger partial charge in [0.05, 0.1) is 0 Å². The summed E-state index contributed by atoms with van der Waals surface area (Å²) < 4.78 is 13.0. The molecule has 0 bridgehead atoms. The second-order valence-corrected chi connectivity index (χ2v) is 4.36. The molecule has 1 heterocycles. The number of anilines is 1. The van der Waals surface area contributed by atoms with Crippen LogP contribution in [-0.4, -0.2) is 31.1 Å². The molecule has 15 heavy (non-hydrogen) atoms. The molecule has 0 radical (unpaired) electrons. The van der Waals surface area contributed by atoms with Crippen molar-refractivity contribution in [1.82, 2.24) is 4.90 Å². The number of nitrogens with zero attached hydrogens (tertiary/aromatic N) is 1. The van der Waals surface area contributed by atoms with E-state index in [1.54, 1.807) is 13.0 Å². The molecule has 2 nitrogen and oxygen atoms in total. The van der Waals surface area contributed by atoms with Crippen molar-refractivity contribution < 1.29 is 4.39 Å². The first-order valence-corrected chi connectivity index (χ1v) is 5.36. The number of hydrogen-bond acceptors (Lipinski definition) is 2. The molecule has 0 spiro atoms. The van der Waals surface area contributed by atoms with Crippen molar-refractivity contribution in [3.63, 3.8) is 0 Å². The standard InChI is InChI=1S/C12H17FN2/c1-9-7-10(3-4-12(9)13)14-11-5-6-15(2)8-11/h3-4,7,11,14H,5-6,8H2,1-2H3. The van der Waals surface area contributed by atoms with Crippen LogP contribution in [0, 0.1) is 12.7 Å². The Morgan fingerprint density at radius 1 is 1.47 bits per heavy atom. The third kappa shape index (κ3) is 2.48. The summed E-state index contributed by atoms with van der Waals surface area (Å²) in [5, 5.41) is 3.43. The minimum absolute atomic E-state index is 0.135. The van der Waals surface area contributed by atoms with Crippen molar-refractivity contribution in [3.05, 3.63) is 29.6 Å². The Labute approximate surface area is 90.1 Å². The Kier molecular flexibility index (Phi) is 2.91. The number of likely N-dealkylation sites (tertiary alicyclic amines) is 1. The molecule has 1 atom stereocenters. The molecule has 1 aromatic carbocycles. The predicted molar refractivity (Wildman–Crippen MR) is 60.7 cm³/mol. The van der Waals surface area contributed by atoms with E-state index in [-0.39, 0.29) is 5.82 Å². The summed E-state index contributed by atoms with van der Waals surface area (Å²) in [7, 11) is 2.12. The van der Waals surface area contributed by atoms with E-state index in [2.05, 4.69) is 17.3 Å². The lowest BCUT2D eigenvalue weighted by Crippen LogP contribution is -2.23. The van der Waals surface area contributed by atoms with E-state index in [1.165, 1.54) is 6.07 Å². The van der Waals surface area contributed by atoms with E-state index >= 15 is 0 Å². The van der Waals surface area contributed by atoms with Gasteiger partial charge in [0.25, 0.3) is 0 Å². The van der Waals surface area contributed by atoms with Crippen LogP contribution in [0.1, 0.15) is 12.0 Å². The van der Waals surface area contributed by atoms with Gasteiger partial charge in [0.2, 0.25) is 0 Å². The Bertz CT molecular complexity index is 351. The maximum Gasteiger partial charge on any atom is 0.126 e. The van der Waals surface area contributed by atoms with Crippen LogP contribution in [0.4, 0.5) is 10.1 Å². The van der Waals surface area contributed by atoms with Crippen molar-refractivity contribution >= 4 is 5.69 Å². The van der Waals surface area contributed by atoms with Crippen LogP contribution in [0.25, 0.3) is 0 Å². The number of benzene rings is 1. The van der Waals surface area contributed by atoms with Gasteiger partial charge in [-0.15, -0.1) is 0 Å². The Balaban J connectivity index is 2.02. The Morgan fingerprint density at radius 3 is 2.87 bits per heavy atom. The summed E-state index contributed by atoms with van der Waals surface area (Å²) in [5.41, 5.74) is 1.72. The number of aryl methyl sites for hydroxylation is 1. The molecular weight excluding hydrogens is 191 g/mol. The van der Waals surface area contributed by atoms with E-state index in [1.807, 2.05) is 6.07 Å². The average Bonchev–Trinajstić information content (AvgIpc) is 2.58. The lowest BCUT2D eigenvalue weighted by Gasteiger charge is -2.14. The molecule has 2 rings (SSSR count). The fourth-order valence-electron chi connectivity index (χ4n) is 2.02. The number of halogens is 1. The molecule has 1 unspecified atom stereocenters. The molecule has 82 valence electrons. The van der Waals surface area contributed by atoms with Gasteiger partial charge in [-0.25, -0.2) is 4.39 Å². The van der Waals surface area contributed by atoms with Gasteiger partial charge in [0.1, 0.15) is 5.82 Å². The van der Waals surface area contributed by atoms with Crippen molar-refractivity contribution in [1.29, 1.82) is 0 Å². The number of likely N-dealkylation sites (N-methyl/N-ethyl adjacent to an activating group) is 1. The second kappa shape index (κ2) is 4.19. The van der Waals surface area contributed by atoms with Crippen LogP contribution in [0.15, 0.2) is 18.2 Å². The van der Waals surface area contributed by atoms with Crippen molar-refractivity contribution in [2.24, 2.45) is 0 Å². The quantitative estimate of drug-likeness (QED) is 0.802. The van der Waals surface area contributed by atoms with Gasteiger partial charge in [0, 0.05) is 18.3 Å². The summed E-state index contributed by atoms with van der Waals surface area (Å²) >= 11 is 0. The summed E-state index contributed by atoms with van der Waals surface area (Å²) in [4.78, 5) is 2.30. The number of nitrogens with one attached hydrogen (secondary N) is 1. The first-order valence-electron chi connectivity index (χ1n) is 5.36. The fraction of sp³-hybridized carbons (Fsp3) is 0.500. The minimum Gasteiger partial charge on any atom is -0.381 e. The highest BCUT2D eigenvalue weighted by atomic mass is 19.1. The first-order chi connectivity index (χ1) is 7.15. The van der Waals surface area contributed by atoms with Gasteiger partial charge in [-0.2, -0.15) is 0 Å². The number of hydrogen-bond donors (Lipinski definition) is 1. The normalized spacial score (nSPS) is 21.9. The zero-order valence-corrected chi connectivity index (χ0v) is 9.26. The van der Waals surface area contributed by atoms with Gasteiger partial charge in [-0.05, 0) is 50.7 Å². The third-order valence-electron chi connectivity index (χ3n) is 2.92. The highest BCUT2D eigenvalue weighted by molar-refractivity contribution is 5.46. The van der Waals surface area contributed by atoms with E-state index in [0.29, 0.717) is 11.6 Å². The molecule has 0 aromatic heterocycles. The highest BCUT2D eigenvalue weighted by Crippen LogP contribution is 2.17. The first kappa shape index (κ1) is 10.4. The van der Waals surface area contributed by atoms with Gasteiger partial charge in [-0.1, -0.05) is 0 Å². The van der Waals surface area contributed by atoms with Crippen LogP contribution in [-0.2, 0) is 0 Å². The van der Waals surface area contributed by atoms with E-state index in [0.717, 1.165) is 25.2 Å². The second-order valence-electron chi connectivity index (χ2n) is 4.36. The predicted octanol–water partition coefficient (Wildman–Crippen LogP) is 2.25. The molecule has 0 amide bonds. The molecule has 1 saturated heterocycles. The Hall–Kier alpha value is -1.09. The molecule has 1 aromatic rings. The monoisotopic (exact) mass is 208 g/mol. The van der Waals surface area contributed by atoms with Gasteiger partial charge < -0.3 is 10.2 Å². The van der Waals surface area contributed by atoms with Crippen LogP contribution >= 0.6 is 0 Å². The molecule has 0 saturated carbocycles. The molecule has 0 aliphatic carbocycles. The topological polar surface area (TPSA) is 15.3 Å². The molecule has 1 N–H and O–H groups in total. The van der Waals surface area contributed by atoms with Crippen LogP contribution in [0.5, 0.6) is 0 Å². The summed E-state index contributed by atoms with van der Waals surface area (Å²) in [5.74, 6) is -0.135. The van der Waals surface area contributed by atoms with E-state index in [9.17, 15) is 4.39 Å². The molecule has 3 heteroatoms.